The molecule has 2 aromatic carbocycles. The Bertz CT molecular complexity index is 897. The number of carboxylic acid groups (broad SMARTS) is 1. The molecule has 0 amide bonds. The molecule has 0 saturated heterocycles. The topological polar surface area (TPSA) is 97.5 Å². The zero-order chi connectivity index (χ0) is 17.7. The molecule has 0 unspecified atom stereocenters. The highest BCUT2D eigenvalue weighted by atomic mass is 35.5. The van der Waals surface area contributed by atoms with Gasteiger partial charge in [0.05, 0.1) is 4.90 Å². The summed E-state index contributed by atoms with van der Waals surface area (Å²) in [5, 5.41) is 9.08. The van der Waals surface area contributed by atoms with Gasteiger partial charge in [-0.25, -0.2) is 8.42 Å². The number of nitrogens with two attached hydrogens (primary N) is 1. The largest absolute Gasteiger partial charge is 0.480 e. The van der Waals surface area contributed by atoms with Crippen LogP contribution in [0.15, 0.2) is 53.4 Å². The first-order valence-electron chi connectivity index (χ1n) is 6.96. The standard InChI is InChI=1S/C16H13Cl2NO4S/c17-10-3-1-9(2-4-10)13-14(16(13,19)15(20)21)24(22,23)12-7-5-11(18)6-8-12/h1-8,13-14H,19H2,(H,20,21)/t13-,14+,16-/m1/s1. The summed E-state index contributed by atoms with van der Waals surface area (Å²) in [6.07, 6.45) is 0. The average Bonchev–Trinajstić information content (AvgIpc) is 3.17. The van der Waals surface area contributed by atoms with Crippen LogP contribution in [-0.4, -0.2) is 30.3 Å². The van der Waals surface area contributed by atoms with Gasteiger partial charge in [-0.05, 0) is 42.0 Å². The predicted molar refractivity (Wildman–Crippen MR) is 91.2 cm³/mol. The van der Waals surface area contributed by atoms with Gasteiger partial charge in [0, 0.05) is 16.0 Å². The van der Waals surface area contributed by atoms with Crippen molar-refractivity contribution in [3.05, 3.63) is 64.1 Å². The molecule has 0 spiro atoms. The van der Waals surface area contributed by atoms with E-state index in [0.717, 1.165) is 0 Å². The number of carbonyl (C=O) groups is 1. The molecule has 1 aliphatic carbocycles. The number of sulfone groups is 1. The van der Waals surface area contributed by atoms with Gasteiger partial charge < -0.3 is 10.8 Å². The molecule has 3 N–H and O–H groups in total. The quantitative estimate of drug-likeness (QED) is 0.842. The maximum atomic E-state index is 12.9. The molecule has 0 aromatic heterocycles. The number of rotatable bonds is 4. The molecule has 0 bridgehead atoms. The van der Waals surface area contributed by atoms with Crippen LogP contribution < -0.4 is 5.73 Å². The summed E-state index contributed by atoms with van der Waals surface area (Å²) in [5.74, 6) is -2.21. The Hall–Kier alpha value is -1.60. The molecule has 2 aromatic rings. The van der Waals surface area contributed by atoms with E-state index < -0.39 is 32.5 Å². The average molecular weight is 386 g/mol. The summed E-state index contributed by atoms with van der Waals surface area (Å²) in [6.45, 7) is 0. The zero-order valence-electron chi connectivity index (χ0n) is 12.2. The highest BCUT2D eigenvalue weighted by molar-refractivity contribution is 7.92. The van der Waals surface area contributed by atoms with Crippen molar-refractivity contribution in [1.29, 1.82) is 0 Å². The third-order valence-electron chi connectivity index (χ3n) is 4.26. The summed E-state index contributed by atoms with van der Waals surface area (Å²) in [5.41, 5.74) is 4.60. The number of hydrogen-bond donors (Lipinski definition) is 2. The molecule has 3 rings (SSSR count). The summed E-state index contributed by atoms with van der Waals surface area (Å²) < 4.78 is 25.7. The Kier molecular flexibility index (Phi) is 4.12. The summed E-state index contributed by atoms with van der Waals surface area (Å²) in [6, 6.07) is 11.9. The molecule has 0 radical (unpaired) electrons. The SMILES string of the molecule is N[C@]1(C(=O)O)[C@H](c2ccc(Cl)cc2)[C@@H]1S(=O)(=O)c1ccc(Cl)cc1. The summed E-state index contributed by atoms with van der Waals surface area (Å²) in [4.78, 5) is 11.6. The van der Waals surface area contributed by atoms with Crippen molar-refractivity contribution in [2.75, 3.05) is 0 Å². The molecule has 5 nitrogen and oxygen atoms in total. The van der Waals surface area contributed by atoms with Crippen molar-refractivity contribution >= 4 is 39.0 Å². The first kappa shape index (κ1) is 17.2. The van der Waals surface area contributed by atoms with Gasteiger partial charge in [0.2, 0.25) is 0 Å². The zero-order valence-corrected chi connectivity index (χ0v) is 14.5. The van der Waals surface area contributed by atoms with Crippen molar-refractivity contribution in [2.45, 2.75) is 21.6 Å². The van der Waals surface area contributed by atoms with Crippen molar-refractivity contribution in [3.8, 4) is 0 Å². The van der Waals surface area contributed by atoms with Crippen molar-refractivity contribution in [2.24, 2.45) is 5.73 Å². The lowest BCUT2D eigenvalue weighted by molar-refractivity contribution is -0.139. The second kappa shape index (κ2) is 5.74. The van der Waals surface area contributed by atoms with Crippen LogP contribution >= 0.6 is 23.2 Å². The molecule has 126 valence electrons. The Labute approximate surface area is 148 Å². The normalized spacial score (nSPS) is 26.1. The van der Waals surface area contributed by atoms with E-state index in [1.54, 1.807) is 24.3 Å². The Balaban J connectivity index is 2.06. The van der Waals surface area contributed by atoms with Crippen LogP contribution in [0.4, 0.5) is 0 Å². The minimum atomic E-state index is -3.94. The Morgan fingerprint density at radius 3 is 1.92 bits per heavy atom. The fourth-order valence-corrected chi connectivity index (χ4v) is 5.44. The molecule has 24 heavy (non-hydrogen) atoms. The van der Waals surface area contributed by atoms with Gasteiger partial charge in [-0.2, -0.15) is 0 Å². The fraction of sp³-hybridized carbons (Fsp3) is 0.188. The highest BCUT2D eigenvalue weighted by Gasteiger charge is 2.74. The van der Waals surface area contributed by atoms with Crippen LogP contribution in [0.25, 0.3) is 0 Å². The van der Waals surface area contributed by atoms with Crippen LogP contribution in [-0.2, 0) is 14.6 Å². The van der Waals surface area contributed by atoms with Gasteiger partial charge in [-0.15, -0.1) is 0 Å². The first-order valence-corrected chi connectivity index (χ1v) is 9.26. The van der Waals surface area contributed by atoms with Gasteiger partial charge in [0.15, 0.2) is 9.84 Å². The predicted octanol–water partition coefficient (Wildman–Crippen LogP) is 2.72. The smallest absolute Gasteiger partial charge is 0.325 e. The van der Waals surface area contributed by atoms with Crippen LogP contribution in [0.2, 0.25) is 10.0 Å². The molecule has 1 aliphatic rings. The Morgan fingerprint density at radius 2 is 1.46 bits per heavy atom. The lowest BCUT2D eigenvalue weighted by atomic mass is 10.1. The summed E-state index contributed by atoms with van der Waals surface area (Å²) in [7, 11) is -3.94. The Morgan fingerprint density at radius 1 is 1.00 bits per heavy atom. The third-order valence-corrected chi connectivity index (χ3v) is 7.02. The van der Waals surface area contributed by atoms with E-state index in [1.165, 1.54) is 24.3 Å². The van der Waals surface area contributed by atoms with Gasteiger partial charge in [-0.1, -0.05) is 35.3 Å². The van der Waals surface area contributed by atoms with E-state index in [0.29, 0.717) is 15.6 Å². The second-order valence-electron chi connectivity index (χ2n) is 5.69. The fourth-order valence-electron chi connectivity index (χ4n) is 2.96. The molecular formula is C16H13Cl2NO4S. The van der Waals surface area contributed by atoms with Gasteiger partial charge in [0.25, 0.3) is 0 Å². The van der Waals surface area contributed by atoms with E-state index in [-0.39, 0.29) is 4.90 Å². The molecule has 3 atom stereocenters. The van der Waals surface area contributed by atoms with Crippen LogP contribution in [0.1, 0.15) is 11.5 Å². The van der Waals surface area contributed by atoms with Crippen LogP contribution in [0.3, 0.4) is 0 Å². The maximum Gasteiger partial charge on any atom is 0.325 e. The number of carboxylic acids is 1. The minimum Gasteiger partial charge on any atom is -0.480 e. The number of hydrogen-bond acceptors (Lipinski definition) is 4. The van der Waals surface area contributed by atoms with E-state index >= 15 is 0 Å². The van der Waals surface area contributed by atoms with Crippen molar-refractivity contribution in [1.82, 2.24) is 0 Å². The molecule has 1 saturated carbocycles. The lowest BCUT2D eigenvalue weighted by Crippen LogP contribution is -2.39. The first-order chi connectivity index (χ1) is 11.2. The minimum absolute atomic E-state index is 0.00978. The molecule has 0 aliphatic heterocycles. The van der Waals surface area contributed by atoms with Gasteiger partial charge >= 0.3 is 5.97 Å². The van der Waals surface area contributed by atoms with E-state index in [9.17, 15) is 18.3 Å². The lowest BCUT2D eigenvalue weighted by Gasteiger charge is -2.06. The number of halogens is 2. The van der Waals surface area contributed by atoms with E-state index in [2.05, 4.69) is 0 Å². The molecule has 0 heterocycles. The molecule has 1 fully saturated rings. The second-order valence-corrected chi connectivity index (χ2v) is 8.63. The van der Waals surface area contributed by atoms with Crippen LogP contribution in [0, 0.1) is 0 Å². The summed E-state index contributed by atoms with van der Waals surface area (Å²) >= 11 is 11.6. The number of aliphatic carboxylic acids is 1. The van der Waals surface area contributed by atoms with E-state index in [1.807, 2.05) is 0 Å². The maximum absolute atomic E-state index is 12.9. The number of benzene rings is 2. The van der Waals surface area contributed by atoms with Crippen LogP contribution in [0.5, 0.6) is 0 Å². The third kappa shape index (κ3) is 2.59. The van der Waals surface area contributed by atoms with Crippen molar-refractivity contribution < 1.29 is 18.3 Å². The van der Waals surface area contributed by atoms with E-state index in [4.69, 9.17) is 28.9 Å². The van der Waals surface area contributed by atoms with Crippen molar-refractivity contribution in [3.63, 3.8) is 0 Å². The monoisotopic (exact) mass is 385 g/mol. The van der Waals surface area contributed by atoms with Gasteiger partial charge in [0.1, 0.15) is 10.8 Å². The molecular weight excluding hydrogens is 373 g/mol. The highest BCUT2D eigenvalue weighted by Crippen LogP contribution is 2.55. The van der Waals surface area contributed by atoms with Gasteiger partial charge in [-0.3, -0.25) is 4.79 Å². The molecule has 8 heteroatoms.